The van der Waals surface area contributed by atoms with Gasteiger partial charge in [0.15, 0.2) is 0 Å². The van der Waals surface area contributed by atoms with Gasteiger partial charge in [0.25, 0.3) is 0 Å². The molecule has 0 bridgehead atoms. The van der Waals surface area contributed by atoms with Crippen LogP contribution >= 0.6 is 11.6 Å². The fraction of sp³-hybridized carbons (Fsp3) is 0.125. The third-order valence-corrected chi connectivity index (χ3v) is 2.00. The normalized spacial score (nSPS) is 11.5. The Morgan fingerprint density at radius 1 is 1.40 bits per heavy atom. The molecule has 3 N–H and O–H groups in total. The number of benzene rings is 1. The molecule has 0 saturated carbocycles. The molecule has 1 rings (SSSR count). The molecule has 0 unspecified atom stereocenters. The van der Waals surface area contributed by atoms with Gasteiger partial charge in [0.05, 0.1) is 16.1 Å². The number of anilines is 1. The molecule has 82 valence electrons. The standard InChI is InChI=1S/C8H5ClF3NO2/c9-3-1-2-4(13)6(8(10,11)12)5(3)7(14)15/h1-2H,13H2,(H,14,15). The van der Waals surface area contributed by atoms with Crippen LogP contribution in [0.4, 0.5) is 18.9 Å². The van der Waals surface area contributed by atoms with Crippen molar-refractivity contribution in [1.29, 1.82) is 0 Å². The Morgan fingerprint density at radius 3 is 2.27 bits per heavy atom. The van der Waals surface area contributed by atoms with Gasteiger partial charge in [-0.1, -0.05) is 11.6 Å². The molecule has 1 aromatic carbocycles. The molecule has 0 heterocycles. The third kappa shape index (κ3) is 2.15. The molecule has 1 aromatic rings. The lowest BCUT2D eigenvalue weighted by molar-refractivity contribution is -0.137. The van der Waals surface area contributed by atoms with Crippen LogP contribution in [0.5, 0.6) is 0 Å². The first kappa shape index (κ1) is 11.6. The van der Waals surface area contributed by atoms with Crippen LogP contribution in [0.2, 0.25) is 5.02 Å². The summed E-state index contributed by atoms with van der Waals surface area (Å²) in [6, 6.07) is 1.92. The van der Waals surface area contributed by atoms with Crippen molar-refractivity contribution >= 4 is 23.3 Å². The van der Waals surface area contributed by atoms with Gasteiger partial charge in [0.2, 0.25) is 0 Å². The topological polar surface area (TPSA) is 63.3 Å². The molecule has 0 aromatic heterocycles. The molecular weight excluding hydrogens is 235 g/mol. The maximum absolute atomic E-state index is 12.4. The number of alkyl halides is 3. The van der Waals surface area contributed by atoms with Crippen LogP contribution < -0.4 is 5.73 Å². The van der Waals surface area contributed by atoms with Gasteiger partial charge >= 0.3 is 12.1 Å². The van der Waals surface area contributed by atoms with Crippen LogP contribution in [-0.4, -0.2) is 11.1 Å². The van der Waals surface area contributed by atoms with Crippen LogP contribution in [0, 0.1) is 0 Å². The van der Waals surface area contributed by atoms with E-state index in [0.717, 1.165) is 12.1 Å². The number of nitrogens with two attached hydrogens (primary N) is 1. The summed E-state index contributed by atoms with van der Waals surface area (Å²) in [6.07, 6.45) is -4.84. The number of halogens is 4. The third-order valence-electron chi connectivity index (χ3n) is 1.68. The highest BCUT2D eigenvalue weighted by Crippen LogP contribution is 2.38. The zero-order valence-electron chi connectivity index (χ0n) is 7.10. The summed E-state index contributed by atoms with van der Waals surface area (Å²) in [4.78, 5) is 10.6. The summed E-state index contributed by atoms with van der Waals surface area (Å²) >= 11 is 5.37. The SMILES string of the molecule is Nc1ccc(Cl)c(C(=O)O)c1C(F)(F)F. The Kier molecular flexibility index (Phi) is 2.81. The van der Waals surface area contributed by atoms with Gasteiger partial charge < -0.3 is 10.8 Å². The fourth-order valence-electron chi connectivity index (χ4n) is 1.11. The van der Waals surface area contributed by atoms with Gasteiger partial charge in [0, 0.05) is 5.69 Å². The Hall–Kier alpha value is -1.43. The van der Waals surface area contributed by atoms with Gasteiger partial charge in [-0.15, -0.1) is 0 Å². The van der Waals surface area contributed by atoms with E-state index in [4.69, 9.17) is 22.4 Å². The van der Waals surface area contributed by atoms with E-state index in [1.165, 1.54) is 0 Å². The average Bonchev–Trinajstić information content (AvgIpc) is 2.05. The molecule has 0 fully saturated rings. The number of carboxylic acids is 1. The lowest BCUT2D eigenvalue weighted by atomic mass is 10.1. The first-order chi connectivity index (χ1) is 6.75. The van der Waals surface area contributed by atoms with Crippen LogP contribution in [0.15, 0.2) is 12.1 Å². The van der Waals surface area contributed by atoms with Crippen LogP contribution in [-0.2, 0) is 6.18 Å². The highest BCUT2D eigenvalue weighted by atomic mass is 35.5. The fourth-order valence-corrected chi connectivity index (χ4v) is 1.35. The lowest BCUT2D eigenvalue weighted by Crippen LogP contribution is -2.16. The monoisotopic (exact) mass is 239 g/mol. The van der Waals surface area contributed by atoms with Gasteiger partial charge in [-0.3, -0.25) is 0 Å². The number of rotatable bonds is 1. The van der Waals surface area contributed by atoms with Gasteiger partial charge in [-0.2, -0.15) is 13.2 Å². The van der Waals surface area contributed by atoms with Crippen molar-refractivity contribution in [2.45, 2.75) is 6.18 Å². The maximum atomic E-state index is 12.4. The molecule has 0 atom stereocenters. The highest BCUT2D eigenvalue weighted by molar-refractivity contribution is 6.33. The van der Waals surface area contributed by atoms with E-state index < -0.39 is 34.0 Å². The maximum Gasteiger partial charge on any atom is 0.419 e. The number of carbonyl (C=O) groups is 1. The second-order valence-corrected chi connectivity index (χ2v) is 3.10. The number of carboxylic acid groups (broad SMARTS) is 1. The molecule has 3 nitrogen and oxygen atoms in total. The predicted octanol–water partition coefficient (Wildman–Crippen LogP) is 2.64. The smallest absolute Gasteiger partial charge is 0.419 e. The number of aromatic carboxylic acids is 1. The Balaban J connectivity index is 3.60. The summed E-state index contributed by atoms with van der Waals surface area (Å²) in [6.45, 7) is 0. The molecule has 0 amide bonds. The highest BCUT2D eigenvalue weighted by Gasteiger charge is 2.38. The molecule has 0 aliphatic rings. The average molecular weight is 240 g/mol. The molecule has 0 saturated heterocycles. The first-order valence-corrected chi connectivity index (χ1v) is 4.01. The van der Waals surface area contributed by atoms with Crippen molar-refractivity contribution in [3.8, 4) is 0 Å². The van der Waals surface area contributed by atoms with Crippen molar-refractivity contribution in [2.75, 3.05) is 5.73 Å². The van der Waals surface area contributed by atoms with Gasteiger partial charge in [-0.25, -0.2) is 4.79 Å². The summed E-state index contributed by atoms with van der Waals surface area (Å²) in [5.41, 5.74) is 1.97. The molecule has 7 heteroatoms. The summed E-state index contributed by atoms with van der Waals surface area (Å²) in [7, 11) is 0. The largest absolute Gasteiger partial charge is 0.478 e. The van der Waals surface area contributed by atoms with E-state index in [1.807, 2.05) is 0 Å². The Bertz CT molecular complexity index is 417. The zero-order valence-corrected chi connectivity index (χ0v) is 7.86. The quantitative estimate of drug-likeness (QED) is 0.741. The van der Waals surface area contributed by atoms with Crippen LogP contribution in [0.3, 0.4) is 0 Å². The van der Waals surface area contributed by atoms with Crippen molar-refractivity contribution in [2.24, 2.45) is 0 Å². The molecule has 0 aliphatic carbocycles. The molecular formula is C8H5ClF3NO2. The minimum absolute atomic E-state index is 0.496. The lowest BCUT2D eigenvalue weighted by Gasteiger charge is -2.13. The van der Waals surface area contributed by atoms with E-state index in [0.29, 0.717) is 0 Å². The van der Waals surface area contributed by atoms with Crippen molar-refractivity contribution in [1.82, 2.24) is 0 Å². The van der Waals surface area contributed by atoms with Crippen LogP contribution in [0.1, 0.15) is 15.9 Å². The number of hydrogen-bond acceptors (Lipinski definition) is 2. The van der Waals surface area contributed by atoms with Crippen molar-refractivity contribution in [3.63, 3.8) is 0 Å². The minimum Gasteiger partial charge on any atom is -0.478 e. The van der Waals surface area contributed by atoms with E-state index in [9.17, 15) is 18.0 Å². The zero-order chi connectivity index (χ0) is 11.8. The van der Waals surface area contributed by atoms with Gasteiger partial charge in [-0.05, 0) is 12.1 Å². The van der Waals surface area contributed by atoms with E-state index >= 15 is 0 Å². The number of nitrogen functional groups attached to an aromatic ring is 1. The Morgan fingerprint density at radius 2 is 1.93 bits per heavy atom. The first-order valence-electron chi connectivity index (χ1n) is 3.63. The molecule has 0 radical (unpaired) electrons. The molecule has 15 heavy (non-hydrogen) atoms. The minimum atomic E-state index is -4.84. The van der Waals surface area contributed by atoms with E-state index in [2.05, 4.69) is 0 Å². The van der Waals surface area contributed by atoms with Gasteiger partial charge in [0.1, 0.15) is 0 Å². The summed E-state index contributed by atoms with van der Waals surface area (Å²) in [5.74, 6) is -1.76. The summed E-state index contributed by atoms with van der Waals surface area (Å²) in [5, 5.41) is 8.10. The number of hydrogen-bond donors (Lipinski definition) is 2. The summed E-state index contributed by atoms with van der Waals surface area (Å²) < 4.78 is 37.3. The second-order valence-electron chi connectivity index (χ2n) is 2.69. The molecule has 0 spiro atoms. The Labute approximate surface area is 87.3 Å². The van der Waals surface area contributed by atoms with Crippen LogP contribution in [0.25, 0.3) is 0 Å². The van der Waals surface area contributed by atoms with Crippen molar-refractivity contribution < 1.29 is 23.1 Å². The molecule has 0 aliphatic heterocycles. The predicted molar refractivity (Wildman–Crippen MR) is 47.8 cm³/mol. The van der Waals surface area contributed by atoms with E-state index in [-0.39, 0.29) is 0 Å². The van der Waals surface area contributed by atoms with Crippen molar-refractivity contribution in [3.05, 3.63) is 28.3 Å². The second kappa shape index (κ2) is 3.62. The van der Waals surface area contributed by atoms with E-state index in [1.54, 1.807) is 0 Å².